The van der Waals surface area contributed by atoms with Crippen molar-refractivity contribution in [2.45, 2.75) is 6.54 Å². The SMILES string of the molecule is COc1cc(/C=C2\SC(=O)N(Cc3cccc(Cl)c3)C2=O)cc(Cl)c1OCC(=O)Nc1ccc(Cl)cc1. The van der Waals surface area contributed by atoms with Crippen LogP contribution in [0.4, 0.5) is 10.5 Å². The second-order valence-electron chi connectivity index (χ2n) is 7.78. The Morgan fingerprint density at radius 3 is 2.49 bits per heavy atom. The molecule has 0 bridgehead atoms. The Morgan fingerprint density at radius 1 is 1.03 bits per heavy atom. The van der Waals surface area contributed by atoms with Crippen LogP contribution >= 0.6 is 46.6 Å². The zero-order valence-electron chi connectivity index (χ0n) is 19.3. The van der Waals surface area contributed by atoms with Crippen molar-refractivity contribution >= 4 is 75.4 Å². The lowest BCUT2D eigenvalue weighted by molar-refractivity contribution is -0.123. The van der Waals surface area contributed by atoms with Crippen molar-refractivity contribution in [1.29, 1.82) is 0 Å². The lowest BCUT2D eigenvalue weighted by Gasteiger charge is -2.14. The number of halogens is 3. The van der Waals surface area contributed by atoms with Gasteiger partial charge in [-0.2, -0.15) is 0 Å². The predicted molar refractivity (Wildman–Crippen MR) is 147 cm³/mol. The van der Waals surface area contributed by atoms with Gasteiger partial charge in [-0.25, -0.2) is 0 Å². The van der Waals surface area contributed by atoms with Gasteiger partial charge in [-0.15, -0.1) is 0 Å². The van der Waals surface area contributed by atoms with Crippen molar-refractivity contribution in [2.75, 3.05) is 19.0 Å². The highest BCUT2D eigenvalue weighted by molar-refractivity contribution is 8.18. The quantitative estimate of drug-likeness (QED) is 0.293. The van der Waals surface area contributed by atoms with E-state index in [-0.39, 0.29) is 39.8 Å². The van der Waals surface area contributed by atoms with E-state index < -0.39 is 11.8 Å². The Balaban J connectivity index is 1.46. The van der Waals surface area contributed by atoms with E-state index in [2.05, 4.69) is 5.32 Å². The number of rotatable bonds is 8. The maximum atomic E-state index is 12.9. The van der Waals surface area contributed by atoms with Gasteiger partial charge in [0.15, 0.2) is 18.1 Å². The summed E-state index contributed by atoms with van der Waals surface area (Å²) in [4.78, 5) is 39.1. The second kappa shape index (κ2) is 11.9. The summed E-state index contributed by atoms with van der Waals surface area (Å²) in [6.45, 7) is -0.210. The third-order valence-corrected chi connectivity index (χ3v) is 6.80. The number of imide groups is 1. The number of nitrogens with zero attached hydrogens (tertiary/aromatic N) is 1. The lowest BCUT2D eigenvalue weighted by atomic mass is 10.1. The summed E-state index contributed by atoms with van der Waals surface area (Å²) in [5.41, 5.74) is 1.83. The van der Waals surface area contributed by atoms with E-state index in [1.54, 1.807) is 66.7 Å². The van der Waals surface area contributed by atoms with Gasteiger partial charge in [0, 0.05) is 15.7 Å². The van der Waals surface area contributed by atoms with E-state index in [0.29, 0.717) is 21.3 Å². The number of methoxy groups -OCH3 is 1. The lowest BCUT2D eigenvalue weighted by Crippen LogP contribution is -2.27. The first kappa shape index (κ1) is 26.9. The molecule has 11 heteroatoms. The zero-order chi connectivity index (χ0) is 26.5. The molecule has 190 valence electrons. The molecule has 0 aliphatic carbocycles. The van der Waals surface area contributed by atoms with E-state index in [0.717, 1.165) is 22.2 Å². The van der Waals surface area contributed by atoms with Gasteiger partial charge in [-0.05, 0) is 77.5 Å². The van der Waals surface area contributed by atoms with Crippen LogP contribution in [0.1, 0.15) is 11.1 Å². The molecule has 1 heterocycles. The average molecular weight is 578 g/mol. The number of hydrogen-bond acceptors (Lipinski definition) is 6. The number of nitrogens with one attached hydrogen (secondary N) is 1. The number of ether oxygens (including phenoxy) is 2. The molecule has 0 saturated carbocycles. The normalized spacial score (nSPS) is 14.3. The van der Waals surface area contributed by atoms with E-state index in [1.165, 1.54) is 7.11 Å². The maximum absolute atomic E-state index is 12.9. The molecule has 1 aliphatic heterocycles. The smallest absolute Gasteiger partial charge is 0.293 e. The first-order valence-electron chi connectivity index (χ1n) is 10.8. The Bertz CT molecular complexity index is 1400. The molecule has 1 aliphatic rings. The highest BCUT2D eigenvalue weighted by atomic mass is 35.5. The third-order valence-electron chi connectivity index (χ3n) is 5.13. The fourth-order valence-electron chi connectivity index (χ4n) is 3.44. The summed E-state index contributed by atoms with van der Waals surface area (Å²) < 4.78 is 11.0. The number of carbonyl (C=O) groups excluding carboxylic acids is 3. The van der Waals surface area contributed by atoms with Gasteiger partial charge < -0.3 is 14.8 Å². The van der Waals surface area contributed by atoms with Crippen LogP contribution in [0, 0.1) is 0 Å². The van der Waals surface area contributed by atoms with Crippen LogP contribution in [0.15, 0.2) is 65.6 Å². The summed E-state index contributed by atoms with van der Waals surface area (Å²) in [6.07, 6.45) is 1.55. The number of anilines is 1. The monoisotopic (exact) mass is 576 g/mol. The Hall–Kier alpha value is -3.17. The van der Waals surface area contributed by atoms with Crippen LogP contribution in [0.3, 0.4) is 0 Å². The van der Waals surface area contributed by atoms with Crippen molar-refractivity contribution in [1.82, 2.24) is 4.90 Å². The van der Waals surface area contributed by atoms with Crippen molar-refractivity contribution in [3.8, 4) is 11.5 Å². The van der Waals surface area contributed by atoms with E-state index in [1.807, 2.05) is 0 Å². The molecular weight excluding hydrogens is 559 g/mol. The van der Waals surface area contributed by atoms with Gasteiger partial charge in [0.25, 0.3) is 17.1 Å². The van der Waals surface area contributed by atoms with Crippen LogP contribution in [0.5, 0.6) is 11.5 Å². The number of hydrogen-bond donors (Lipinski definition) is 1. The van der Waals surface area contributed by atoms with Gasteiger partial charge in [0.1, 0.15) is 0 Å². The summed E-state index contributed by atoms with van der Waals surface area (Å²) in [5, 5.41) is 3.54. The van der Waals surface area contributed by atoms with E-state index >= 15 is 0 Å². The fourth-order valence-corrected chi connectivity index (χ4v) is 4.89. The molecule has 0 unspecified atom stereocenters. The van der Waals surface area contributed by atoms with Crippen LogP contribution in [0.2, 0.25) is 15.1 Å². The minimum atomic E-state index is -0.427. The molecule has 4 rings (SSSR count). The summed E-state index contributed by atoms with van der Waals surface area (Å²) in [7, 11) is 1.43. The molecule has 3 amide bonds. The summed E-state index contributed by atoms with van der Waals surface area (Å²) in [5.74, 6) is -0.403. The minimum absolute atomic E-state index is 0.109. The topological polar surface area (TPSA) is 84.9 Å². The Morgan fingerprint density at radius 2 is 1.78 bits per heavy atom. The predicted octanol–water partition coefficient (Wildman–Crippen LogP) is 6.91. The van der Waals surface area contributed by atoms with Crippen LogP contribution in [0.25, 0.3) is 6.08 Å². The molecule has 0 aromatic heterocycles. The zero-order valence-corrected chi connectivity index (χ0v) is 22.4. The molecule has 0 atom stereocenters. The molecule has 1 fully saturated rings. The molecular formula is C26H19Cl3N2O5S. The van der Waals surface area contributed by atoms with Crippen molar-refractivity contribution in [2.24, 2.45) is 0 Å². The first-order valence-corrected chi connectivity index (χ1v) is 12.7. The van der Waals surface area contributed by atoms with E-state index in [9.17, 15) is 14.4 Å². The summed E-state index contributed by atoms with van der Waals surface area (Å²) >= 11 is 19.1. The van der Waals surface area contributed by atoms with Gasteiger partial charge in [-0.1, -0.05) is 46.9 Å². The Kier molecular flexibility index (Phi) is 8.66. The Labute approximate surface area is 232 Å². The van der Waals surface area contributed by atoms with Gasteiger partial charge in [0.05, 0.1) is 23.6 Å². The minimum Gasteiger partial charge on any atom is -0.493 e. The molecule has 0 radical (unpaired) electrons. The number of thioether (sulfide) groups is 1. The molecule has 3 aromatic rings. The first-order chi connectivity index (χ1) is 17.7. The maximum Gasteiger partial charge on any atom is 0.293 e. The molecule has 37 heavy (non-hydrogen) atoms. The van der Waals surface area contributed by atoms with Gasteiger partial charge in [0.2, 0.25) is 0 Å². The molecule has 7 nitrogen and oxygen atoms in total. The van der Waals surface area contributed by atoms with Crippen LogP contribution < -0.4 is 14.8 Å². The van der Waals surface area contributed by atoms with Crippen molar-refractivity contribution in [3.05, 3.63) is 91.8 Å². The van der Waals surface area contributed by atoms with E-state index in [4.69, 9.17) is 44.3 Å². The molecule has 1 N–H and O–H groups in total. The second-order valence-corrected chi connectivity index (χ2v) is 10.0. The molecule has 1 saturated heterocycles. The van der Waals surface area contributed by atoms with Crippen molar-refractivity contribution in [3.63, 3.8) is 0 Å². The van der Waals surface area contributed by atoms with Gasteiger partial charge >= 0.3 is 0 Å². The third kappa shape index (κ3) is 6.78. The number of amides is 3. The standard InChI is InChI=1S/C26H19Cl3N2O5S/c1-35-21-11-16(10-20(29)24(21)36-14-23(32)30-19-7-5-17(27)6-8-19)12-22-25(33)31(26(34)37-22)13-15-3-2-4-18(28)9-15/h2-12H,13-14H2,1H3,(H,30,32)/b22-12-. The van der Waals surface area contributed by atoms with Crippen LogP contribution in [-0.2, 0) is 16.1 Å². The molecule has 3 aromatic carbocycles. The average Bonchev–Trinajstić information content (AvgIpc) is 3.11. The number of benzene rings is 3. The van der Waals surface area contributed by atoms with Gasteiger partial charge in [-0.3, -0.25) is 19.3 Å². The number of carbonyl (C=O) groups is 3. The molecule has 0 spiro atoms. The highest BCUT2D eigenvalue weighted by Gasteiger charge is 2.35. The fraction of sp³-hybridized carbons (Fsp3) is 0.115. The summed E-state index contributed by atoms with van der Waals surface area (Å²) in [6, 6.07) is 16.8. The van der Waals surface area contributed by atoms with Crippen LogP contribution in [-0.4, -0.2) is 35.7 Å². The highest BCUT2D eigenvalue weighted by Crippen LogP contribution is 2.39. The largest absolute Gasteiger partial charge is 0.493 e. The van der Waals surface area contributed by atoms with Crippen molar-refractivity contribution < 1.29 is 23.9 Å².